The largest absolute Gasteiger partial charge is 0.454 e. The molecule has 1 N–H and O–H groups in total. The predicted octanol–water partition coefficient (Wildman–Crippen LogP) is 0.796. The van der Waals surface area contributed by atoms with Crippen molar-refractivity contribution in [1.29, 1.82) is 0 Å². The molecule has 1 aromatic heterocycles. The van der Waals surface area contributed by atoms with Crippen LogP contribution in [0.15, 0.2) is 24.4 Å². The summed E-state index contributed by atoms with van der Waals surface area (Å²) in [5.74, 6) is 0.974. The SMILES string of the molecule is Cn1ncc(C(=O)Nc2ccc3c(c2)OCO3)n1. The fraction of sp³-hybridized carbons (Fsp3) is 0.182. The molecule has 0 saturated carbocycles. The van der Waals surface area contributed by atoms with E-state index in [0.29, 0.717) is 17.2 Å². The highest BCUT2D eigenvalue weighted by molar-refractivity contribution is 6.02. The van der Waals surface area contributed by atoms with Gasteiger partial charge in [-0.25, -0.2) is 0 Å². The van der Waals surface area contributed by atoms with Crippen LogP contribution in [0.25, 0.3) is 0 Å². The van der Waals surface area contributed by atoms with Gasteiger partial charge in [0.1, 0.15) is 0 Å². The van der Waals surface area contributed by atoms with Gasteiger partial charge in [-0.3, -0.25) is 4.79 Å². The summed E-state index contributed by atoms with van der Waals surface area (Å²) < 4.78 is 10.4. The lowest BCUT2D eigenvalue weighted by Crippen LogP contribution is -2.12. The van der Waals surface area contributed by atoms with Crippen molar-refractivity contribution in [2.75, 3.05) is 12.1 Å². The van der Waals surface area contributed by atoms with Gasteiger partial charge in [-0.05, 0) is 12.1 Å². The third-order valence-electron chi connectivity index (χ3n) is 2.46. The van der Waals surface area contributed by atoms with Gasteiger partial charge in [0.15, 0.2) is 17.2 Å². The summed E-state index contributed by atoms with van der Waals surface area (Å²) in [6.45, 7) is 0.205. The van der Waals surface area contributed by atoms with Crippen LogP contribution in [0.5, 0.6) is 11.5 Å². The number of nitrogens with one attached hydrogen (secondary N) is 1. The zero-order chi connectivity index (χ0) is 12.5. The minimum Gasteiger partial charge on any atom is -0.454 e. The van der Waals surface area contributed by atoms with Crippen molar-refractivity contribution in [3.05, 3.63) is 30.1 Å². The lowest BCUT2D eigenvalue weighted by Gasteiger charge is -2.03. The van der Waals surface area contributed by atoms with Crippen LogP contribution in [-0.2, 0) is 7.05 Å². The molecule has 0 bridgehead atoms. The van der Waals surface area contributed by atoms with Crippen molar-refractivity contribution < 1.29 is 14.3 Å². The van der Waals surface area contributed by atoms with Gasteiger partial charge in [0.2, 0.25) is 6.79 Å². The summed E-state index contributed by atoms with van der Waals surface area (Å²) in [5.41, 5.74) is 0.880. The molecular formula is C11H10N4O3. The lowest BCUT2D eigenvalue weighted by molar-refractivity contribution is 0.102. The fourth-order valence-electron chi connectivity index (χ4n) is 1.62. The Kier molecular flexibility index (Phi) is 2.36. The van der Waals surface area contributed by atoms with Gasteiger partial charge in [0, 0.05) is 18.8 Å². The number of aryl methyl sites for hydroxylation is 1. The first-order valence-corrected chi connectivity index (χ1v) is 5.30. The van der Waals surface area contributed by atoms with Crippen LogP contribution in [0.4, 0.5) is 5.69 Å². The van der Waals surface area contributed by atoms with Crippen LogP contribution in [0.2, 0.25) is 0 Å². The first-order valence-electron chi connectivity index (χ1n) is 5.30. The Morgan fingerprint density at radius 2 is 2.22 bits per heavy atom. The maximum absolute atomic E-state index is 11.8. The average molecular weight is 246 g/mol. The molecule has 7 heteroatoms. The van der Waals surface area contributed by atoms with E-state index in [4.69, 9.17) is 9.47 Å². The molecule has 0 aliphatic carbocycles. The second-order valence-corrected chi connectivity index (χ2v) is 3.74. The second-order valence-electron chi connectivity index (χ2n) is 3.74. The van der Waals surface area contributed by atoms with E-state index in [0.717, 1.165) is 0 Å². The monoisotopic (exact) mass is 246 g/mol. The van der Waals surface area contributed by atoms with Crippen molar-refractivity contribution in [2.24, 2.45) is 7.05 Å². The minimum atomic E-state index is -0.318. The number of fused-ring (bicyclic) bond motifs is 1. The second kappa shape index (κ2) is 4.02. The molecule has 18 heavy (non-hydrogen) atoms. The molecular weight excluding hydrogens is 236 g/mol. The summed E-state index contributed by atoms with van der Waals surface area (Å²) in [6.07, 6.45) is 1.41. The number of carbonyl (C=O) groups is 1. The molecule has 1 aliphatic heterocycles. The topological polar surface area (TPSA) is 78.3 Å². The molecule has 2 aromatic rings. The standard InChI is InChI=1S/C11H10N4O3/c1-15-12-5-8(14-15)11(16)13-7-2-3-9-10(4-7)18-6-17-9/h2-5H,6H2,1H3,(H,13,16). The molecule has 0 fully saturated rings. The highest BCUT2D eigenvalue weighted by atomic mass is 16.7. The molecule has 2 heterocycles. The Morgan fingerprint density at radius 1 is 1.39 bits per heavy atom. The van der Waals surface area contributed by atoms with Gasteiger partial charge in [0.25, 0.3) is 5.91 Å². The third-order valence-corrected chi connectivity index (χ3v) is 2.46. The summed E-state index contributed by atoms with van der Waals surface area (Å²) in [7, 11) is 1.65. The van der Waals surface area contributed by atoms with Crippen LogP contribution in [0, 0.1) is 0 Å². The highest BCUT2D eigenvalue weighted by Gasteiger charge is 2.15. The summed E-state index contributed by atoms with van der Waals surface area (Å²) in [5, 5.41) is 10.5. The molecule has 0 radical (unpaired) electrons. The molecule has 7 nitrogen and oxygen atoms in total. The molecule has 0 spiro atoms. The van der Waals surface area contributed by atoms with Crippen LogP contribution < -0.4 is 14.8 Å². The minimum absolute atomic E-state index is 0.205. The normalized spacial score (nSPS) is 12.5. The van der Waals surface area contributed by atoms with E-state index in [1.54, 1.807) is 25.2 Å². The van der Waals surface area contributed by atoms with E-state index < -0.39 is 0 Å². The van der Waals surface area contributed by atoms with Gasteiger partial charge in [-0.1, -0.05) is 0 Å². The van der Waals surface area contributed by atoms with Gasteiger partial charge >= 0.3 is 0 Å². The number of amides is 1. The van der Waals surface area contributed by atoms with E-state index in [2.05, 4.69) is 15.5 Å². The Morgan fingerprint density at radius 3 is 3.00 bits per heavy atom. The number of ether oxygens (including phenoxy) is 2. The zero-order valence-electron chi connectivity index (χ0n) is 9.58. The summed E-state index contributed by atoms with van der Waals surface area (Å²) >= 11 is 0. The van der Waals surface area contributed by atoms with Gasteiger partial charge < -0.3 is 14.8 Å². The number of hydrogen-bond acceptors (Lipinski definition) is 5. The predicted molar refractivity (Wildman–Crippen MR) is 61.5 cm³/mol. The quantitative estimate of drug-likeness (QED) is 0.847. The number of carbonyl (C=O) groups excluding carboxylic acids is 1. The van der Waals surface area contributed by atoms with Crippen molar-refractivity contribution >= 4 is 11.6 Å². The molecule has 0 atom stereocenters. The molecule has 1 amide bonds. The third kappa shape index (κ3) is 1.86. The van der Waals surface area contributed by atoms with Gasteiger partial charge in [0.05, 0.1) is 6.20 Å². The molecule has 1 aliphatic rings. The molecule has 92 valence electrons. The highest BCUT2D eigenvalue weighted by Crippen LogP contribution is 2.34. The zero-order valence-corrected chi connectivity index (χ0v) is 9.58. The van der Waals surface area contributed by atoms with E-state index >= 15 is 0 Å². The first-order chi connectivity index (χ1) is 8.72. The molecule has 1 aromatic carbocycles. The molecule has 0 saturated heterocycles. The summed E-state index contributed by atoms with van der Waals surface area (Å²) in [6, 6.07) is 5.19. The number of hydrogen-bond donors (Lipinski definition) is 1. The number of benzene rings is 1. The number of anilines is 1. The van der Waals surface area contributed by atoms with Crippen LogP contribution in [0.3, 0.4) is 0 Å². The van der Waals surface area contributed by atoms with Crippen LogP contribution in [-0.4, -0.2) is 27.7 Å². The smallest absolute Gasteiger partial charge is 0.277 e. The van der Waals surface area contributed by atoms with Crippen molar-refractivity contribution in [3.63, 3.8) is 0 Å². The summed E-state index contributed by atoms with van der Waals surface area (Å²) in [4.78, 5) is 13.2. The Labute approximate surface area is 102 Å². The van der Waals surface area contributed by atoms with Crippen LogP contribution in [0.1, 0.15) is 10.5 Å². The molecule has 0 unspecified atom stereocenters. The number of nitrogens with zero attached hydrogens (tertiary/aromatic N) is 3. The number of rotatable bonds is 2. The Hall–Kier alpha value is -2.57. The number of aromatic nitrogens is 3. The van der Waals surface area contributed by atoms with Gasteiger partial charge in [-0.2, -0.15) is 9.90 Å². The van der Waals surface area contributed by atoms with E-state index in [-0.39, 0.29) is 18.4 Å². The van der Waals surface area contributed by atoms with E-state index in [1.807, 2.05) is 0 Å². The maximum atomic E-state index is 11.8. The van der Waals surface area contributed by atoms with E-state index in [1.165, 1.54) is 11.0 Å². The first kappa shape index (κ1) is 10.6. The Balaban J connectivity index is 1.78. The van der Waals surface area contributed by atoms with Gasteiger partial charge in [-0.15, -0.1) is 5.10 Å². The maximum Gasteiger partial charge on any atom is 0.277 e. The molecule has 3 rings (SSSR count). The van der Waals surface area contributed by atoms with Crippen molar-refractivity contribution in [1.82, 2.24) is 15.0 Å². The lowest BCUT2D eigenvalue weighted by atomic mass is 10.2. The van der Waals surface area contributed by atoms with Crippen LogP contribution >= 0.6 is 0 Å². The fourth-order valence-corrected chi connectivity index (χ4v) is 1.62. The van der Waals surface area contributed by atoms with Crippen molar-refractivity contribution in [3.8, 4) is 11.5 Å². The Bertz CT molecular complexity index is 608. The van der Waals surface area contributed by atoms with E-state index in [9.17, 15) is 4.79 Å². The average Bonchev–Trinajstić information content (AvgIpc) is 2.96. The van der Waals surface area contributed by atoms with Crippen molar-refractivity contribution in [2.45, 2.75) is 0 Å².